The predicted molar refractivity (Wildman–Crippen MR) is 147 cm³/mol. The summed E-state index contributed by atoms with van der Waals surface area (Å²) < 4.78 is 34.2. The highest BCUT2D eigenvalue weighted by molar-refractivity contribution is 5.91. The lowest BCUT2D eigenvalue weighted by molar-refractivity contribution is -0.150. The second-order valence-electron chi connectivity index (χ2n) is 9.47. The van der Waals surface area contributed by atoms with E-state index in [1.165, 1.54) is 0 Å². The largest absolute Gasteiger partial charge is 0.452 e. The van der Waals surface area contributed by atoms with Crippen LogP contribution >= 0.6 is 0 Å². The van der Waals surface area contributed by atoms with Gasteiger partial charge >= 0.3 is 11.9 Å². The Labute approximate surface area is 234 Å². The van der Waals surface area contributed by atoms with E-state index in [2.05, 4.69) is 10.6 Å². The summed E-state index contributed by atoms with van der Waals surface area (Å²) in [7, 11) is 0. The van der Waals surface area contributed by atoms with Crippen LogP contribution in [0.5, 0.6) is 0 Å². The van der Waals surface area contributed by atoms with E-state index < -0.39 is 24.1 Å². The molecule has 40 heavy (non-hydrogen) atoms. The summed E-state index contributed by atoms with van der Waals surface area (Å²) in [5.74, 6) is -1.36. The maximum absolute atomic E-state index is 12.6. The fourth-order valence-electron chi connectivity index (χ4n) is 4.29. The van der Waals surface area contributed by atoms with Crippen LogP contribution in [0.1, 0.15) is 23.3 Å². The van der Waals surface area contributed by atoms with Crippen LogP contribution in [-0.4, -0.2) is 90.0 Å². The molecular formula is C30H38N2O8. The molecule has 2 heterocycles. The summed E-state index contributed by atoms with van der Waals surface area (Å²) in [5.41, 5.74) is 1.57. The van der Waals surface area contributed by atoms with Crippen molar-refractivity contribution >= 4 is 11.9 Å². The number of ether oxygens (including phenoxy) is 6. The monoisotopic (exact) mass is 554 g/mol. The molecule has 216 valence electrons. The van der Waals surface area contributed by atoms with Crippen molar-refractivity contribution in [2.75, 3.05) is 65.8 Å². The lowest BCUT2D eigenvalue weighted by Crippen LogP contribution is -2.41. The van der Waals surface area contributed by atoms with Gasteiger partial charge in [0, 0.05) is 38.3 Å². The third-order valence-corrected chi connectivity index (χ3v) is 6.37. The molecule has 2 aromatic carbocycles. The van der Waals surface area contributed by atoms with Crippen molar-refractivity contribution in [1.82, 2.24) is 10.6 Å². The van der Waals surface area contributed by atoms with Gasteiger partial charge in [-0.1, -0.05) is 60.7 Å². The highest BCUT2D eigenvalue weighted by Crippen LogP contribution is 2.20. The Bertz CT molecular complexity index is 957. The van der Waals surface area contributed by atoms with E-state index in [1.54, 1.807) is 0 Å². The van der Waals surface area contributed by atoms with Gasteiger partial charge in [-0.15, -0.1) is 0 Å². The van der Waals surface area contributed by atoms with Crippen molar-refractivity contribution in [3.63, 3.8) is 0 Å². The van der Waals surface area contributed by atoms with Crippen LogP contribution in [0.15, 0.2) is 72.8 Å². The summed E-state index contributed by atoms with van der Waals surface area (Å²) in [6, 6.07) is 18.6. The molecule has 2 fully saturated rings. The van der Waals surface area contributed by atoms with E-state index >= 15 is 0 Å². The van der Waals surface area contributed by atoms with Crippen LogP contribution in [0.4, 0.5) is 0 Å². The zero-order valence-electron chi connectivity index (χ0n) is 22.6. The Kier molecular flexibility index (Phi) is 12.6. The molecule has 4 rings (SSSR count). The van der Waals surface area contributed by atoms with Gasteiger partial charge in [0.2, 0.25) is 0 Å². The molecule has 0 aliphatic carbocycles. The number of esters is 2. The molecule has 0 amide bonds. The van der Waals surface area contributed by atoms with Crippen LogP contribution in [0.25, 0.3) is 0 Å². The van der Waals surface area contributed by atoms with Gasteiger partial charge < -0.3 is 39.1 Å². The molecule has 10 nitrogen and oxygen atoms in total. The number of nitrogens with one attached hydrogen (secondary N) is 2. The number of hydrogen-bond acceptors (Lipinski definition) is 10. The molecule has 10 heteroatoms. The van der Waals surface area contributed by atoms with E-state index in [0.29, 0.717) is 39.5 Å². The van der Waals surface area contributed by atoms with E-state index in [9.17, 15) is 9.59 Å². The molecule has 2 N–H and O–H groups in total. The SMILES string of the molecule is O=C(/C=C\C(=O)O[C@H](COCC1CNCCO1)c1ccccc1)O[C@H](COCC1CNCCO1)c1ccccc1. The summed E-state index contributed by atoms with van der Waals surface area (Å²) in [5, 5.41) is 6.51. The third kappa shape index (κ3) is 10.5. The first-order chi connectivity index (χ1) is 19.7. The lowest BCUT2D eigenvalue weighted by Gasteiger charge is -2.25. The number of hydrogen-bond donors (Lipinski definition) is 2. The van der Waals surface area contributed by atoms with Crippen molar-refractivity contribution < 1.29 is 38.0 Å². The molecule has 2 unspecified atom stereocenters. The molecule has 4 atom stereocenters. The maximum Gasteiger partial charge on any atom is 0.331 e. The smallest absolute Gasteiger partial charge is 0.331 e. The summed E-state index contributed by atoms with van der Waals surface area (Å²) in [6.45, 7) is 5.39. The Hall–Kier alpha value is -3.12. The zero-order valence-corrected chi connectivity index (χ0v) is 22.6. The third-order valence-electron chi connectivity index (χ3n) is 6.37. The van der Waals surface area contributed by atoms with E-state index in [0.717, 1.165) is 36.4 Å². The summed E-state index contributed by atoms with van der Waals surface area (Å²) in [6.07, 6.45) is 0.738. The van der Waals surface area contributed by atoms with Gasteiger partial charge in [-0.05, 0) is 11.1 Å². The molecule has 2 saturated heterocycles. The van der Waals surface area contributed by atoms with Crippen molar-refractivity contribution in [3.05, 3.63) is 83.9 Å². The molecule has 2 aliphatic heterocycles. The van der Waals surface area contributed by atoms with Crippen LogP contribution in [0.3, 0.4) is 0 Å². The van der Waals surface area contributed by atoms with Crippen LogP contribution in [0, 0.1) is 0 Å². The summed E-state index contributed by atoms with van der Waals surface area (Å²) in [4.78, 5) is 25.3. The van der Waals surface area contributed by atoms with E-state index in [4.69, 9.17) is 28.4 Å². The molecule has 2 aliphatic rings. The first-order valence-electron chi connectivity index (χ1n) is 13.7. The van der Waals surface area contributed by atoms with Crippen LogP contribution < -0.4 is 10.6 Å². The van der Waals surface area contributed by atoms with Gasteiger partial charge in [0.05, 0.1) is 51.8 Å². The van der Waals surface area contributed by atoms with Gasteiger partial charge in [-0.25, -0.2) is 9.59 Å². The fourth-order valence-corrected chi connectivity index (χ4v) is 4.29. The van der Waals surface area contributed by atoms with Gasteiger partial charge in [-0.2, -0.15) is 0 Å². The van der Waals surface area contributed by atoms with Crippen LogP contribution in [0.2, 0.25) is 0 Å². The number of benzene rings is 2. The first-order valence-corrected chi connectivity index (χ1v) is 13.7. The molecular weight excluding hydrogens is 516 g/mol. The van der Waals surface area contributed by atoms with E-state index in [1.807, 2.05) is 60.7 Å². The van der Waals surface area contributed by atoms with Crippen molar-refractivity contribution in [2.24, 2.45) is 0 Å². The van der Waals surface area contributed by atoms with Crippen molar-refractivity contribution in [2.45, 2.75) is 24.4 Å². The quantitative estimate of drug-likeness (QED) is 0.266. The molecule has 0 saturated carbocycles. The molecule has 2 aromatic rings. The minimum absolute atomic E-state index is 0.0519. The van der Waals surface area contributed by atoms with Gasteiger partial charge in [0.25, 0.3) is 0 Å². The second-order valence-corrected chi connectivity index (χ2v) is 9.47. The van der Waals surface area contributed by atoms with E-state index in [-0.39, 0.29) is 25.4 Å². The highest BCUT2D eigenvalue weighted by atomic mass is 16.6. The fraction of sp³-hybridized carbons (Fsp3) is 0.467. The molecule has 0 bridgehead atoms. The van der Waals surface area contributed by atoms with Crippen molar-refractivity contribution in [1.29, 1.82) is 0 Å². The van der Waals surface area contributed by atoms with Crippen molar-refractivity contribution in [3.8, 4) is 0 Å². The van der Waals surface area contributed by atoms with Gasteiger partial charge in [0.1, 0.15) is 0 Å². The minimum Gasteiger partial charge on any atom is -0.452 e. The molecule has 0 spiro atoms. The molecule has 0 aromatic heterocycles. The first kappa shape index (κ1) is 29.9. The Morgan fingerprint density at radius 3 is 1.52 bits per heavy atom. The number of morpholine rings is 2. The van der Waals surface area contributed by atoms with Gasteiger partial charge in [0.15, 0.2) is 12.2 Å². The lowest BCUT2D eigenvalue weighted by atomic mass is 10.1. The zero-order chi connectivity index (χ0) is 27.8. The Balaban J connectivity index is 1.29. The average Bonchev–Trinajstić information content (AvgIpc) is 3.01. The van der Waals surface area contributed by atoms with Crippen LogP contribution in [-0.2, 0) is 38.0 Å². The molecule has 0 radical (unpaired) electrons. The maximum atomic E-state index is 12.6. The number of carbonyl (C=O) groups is 2. The average molecular weight is 555 g/mol. The number of carbonyl (C=O) groups excluding carboxylic acids is 2. The normalized spacial score (nSPS) is 21.0. The number of rotatable bonds is 14. The predicted octanol–water partition coefficient (Wildman–Crippen LogP) is 2.12. The standard InChI is InChI=1S/C30H38N2O8/c33-29(39-27(23-7-3-1-4-8-23)21-35-19-25-17-31-13-15-37-25)11-12-30(34)40-28(24-9-5-2-6-10-24)22-36-20-26-18-32-14-16-38-26/h1-12,25-28,31-32H,13-22H2/b12-11-/t25?,26?,27-,28-/m1/s1. The Morgan fingerprint density at radius 1 is 0.725 bits per heavy atom. The second kappa shape index (κ2) is 16.9. The topological polar surface area (TPSA) is 114 Å². The van der Waals surface area contributed by atoms with Gasteiger partial charge in [-0.3, -0.25) is 0 Å². The summed E-state index contributed by atoms with van der Waals surface area (Å²) >= 11 is 0. The Morgan fingerprint density at radius 2 is 1.15 bits per heavy atom. The minimum atomic E-state index is -0.681. The highest BCUT2D eigenvalue weighted by Gasteiger charge is 2.21.